The molecule has 0 aliphatic heterocycles. The third kappa shape index (κ3) is 5.42. The van der Waals surface area contributed by atoms with Crippen LogP contribution in [0.3, 0.4) is 0 Å². The van der Waals surface area contributed by atoms with E-state index >= 15 is 0 Å². The summed E-state index contributed by atoms with van der Waals surface area (Å²) in [5.74, 6) is 0.0131. The van der Waals surface area contributed by atoms with Crippen LogP contribution in [0.15, 0.2) is 24.5 Å². The molecule has 1 heterocycles. The standard InChI is InChI=1S/C12H19N3O2/c1-13-12(17)4-6-15(7-8-16)10-11-3-2-5-14-9-11/h2-3,5,9,16H,4,6-8,10H2,1H3,(H,13,17). The summed E-state index contributed by atoms with van der Waals surface area (Å²) >= 11 is 0. The molecule has 0 aliphatic rings. The van der Waals surface area contributed by atoms with Crippen molar-refractivity contribution < 1.29 is 9.90 Å². The lowest BCUT2D eigenvalue weighted by atomic mass is 10.2. The minimum absolute atomic E-state index is 0.0131. The summed E-state index contributed by atoms with van der Waals surface area (Å²) < 4.78 is 0. The quantitative estimate of drug-likeness (QED) is 0.701. The van der Waals surface area contributed by atoms with Gasteiger partial charge in [-0.25, -0.2) is 0 Å². The SMILES string of the molecule is CNC(=O)CCN(CCO)Cc1cccnc1. The molecule has 1 rings (SSSR count). The molecule has 0 atom stereocenters. The van der Waals surface area contributed by atoms with Crippen LogP contribution in [-0.4, -0.2) is 47.6 Å². The fourth-order valence-electron chi connectivity index (χ4n) is 1.55. The second-order valence-corrected chi connectivity index (χ2v) is 3.78. The highest BCUT2D eigenvalue weighted by atomic mass is 16.3. The van der Waals surface area contributed by atoms with Crippen molar-refractivity contribution in [3.05, 3.63) is 30.1 Å². The molecular formula is C12H19N3O2. The van der Waals surface area contributed by atoms with Gasteiger partial charge in [0, 0.05) is 45.5 Å². The summed E-state index contributed by atoms with van der Waals surface area (Å²) in [5, 5.41) is 11.6. The molecule has 0 bridgehead atoms. The zero-order valence-corrected chi connectivity index (χ0v) is 10.1. The van der Waals surface area contributed by atoms with Crippen molar-refractivity contribution in [1.82, 2.24) is 15.2 Å². The normalized spacial score (nSPS) is 10.5. The van der Waals surface area contributed by atoms with Crippen LogP contribution in [0, 0.1) is 0 Å². The lowest BCUT2D eigenvalue weighted by molar-refractivity contribution is -0.121. The Bertz CT molecular complexity index is 330. The van der Waals surface area contributed by atoms with Crippen molar-refractivity contribution >= 4 is 5.91 Å². The van der Waals surface area contributed by atoms with Crippen molar-refractivity contribution in [3.8, 4) is 0 Å². The summed E-state index contributed by atoms with van der Waals surface area (Å²) in [6, 6.07) is 3.86. The first-order chi connectivity index (χ1) is 8.26. The molecule has 94 valence electrons. The van der Waals surface area contributed by atoms with Gasteiger partial charge in [-0.1, -0.05) is 6.07 Å². The first kappa shape index (κ1) is 13.6. The number of rotatable bonds is 7. The van der Waals surface area contributed by atoms with Crippen LogP contribution >= 0.6 is 0 Å². The molecular weight excluding hydrogens is 218 g/mol. The molecule has 0 spiro atoms. The predicted octanol–water partition coefficient (Wildman–Crippen LogP) is 0.0120. The maximum atomic E-state index is 11.2. The highest BCUT2D eigenvalue weighted by Gasteiger charge is 2.07. The Balaban J connectivity index is 2.45. The lowest BCUT2D eigenvalue weighted by Gasteiger charge is -2.20. The number of hydrogen-bond acceptors (Lipinski definition) is 4. The largest absolute Gasteiger partial charge is 0.395 e. The smallest absolute Gasteiger partial charge is 0.221 e. The number of aliphatic hydroxyl groups excluding tert-OH is 1. The topological polar surface area (TPSA) is 65.5 Å². The van der Waals surface area contributed by atoms with Gasteiger partial charge in [-0.15, -0.1) is 0 Å². The van der Waals surface area contributed by atoms with Crippen LogP contribution in [0.4, 0.5) is 0 Å². The second kappa shape index (κ2) is 7.76. The third-order valence-electron chi connectivity index (χ3n) is 2.48. The molecule has 1 aromatic rings. The van der Waals surface area contributed by atoms with Gasteiger partial charge >= 0.3 is 0 Å². The molecule has 0 aliphatic carbocycles. The van der Waals surface area contributed by atoms with E-state index in [1.54, 1.807) is 19.4 Å². The molecule has 2 N–H and O–H groups in total. The van der Waals surface area contributed by atoms with Gasteiger partial charge in [-0.05, 0) is 11.6 Å². The molecule has 5 nitrogen and oxygen atoms in total. The summed E-state index contributed by atoms with van der Waals surface area (Å²) in [6.07, 6.45) is 3.96. The molecule has 0 unspecified atom stereocenters. The number of carbonyl (C=O) groups excluding carboxylic acids is 1. The molecule has 5 heteroatoms. The first-order valence-electron chi connectivity index (χ1n) is 5.69. The minimum atomic E-state index is 0.0131. The Morgan fingerprint density at radius 2 is 2.35 bits per heavy atom. The van der Waals surface area contributed by atoms with E-state index in [9.17, 15) is 4.79 Å². The first-order valence-corrected chi connectivity index (χ1v) is 5.69. The van der Waals surface area contributed by atoms with E-state index < -0.39 is 0 Å². The zero-order chi connectivity index (χ0) is 12.5. The highest BCUT2D eigenvalue weighted by Crippen LogP contribution is 2.03. The Labute approximate surface area is 101 Å². The molecule has 0 saturated heterocycles. The average Bonchev–Trinajstić information content (AvgIpc) is 2.37. The van der Waals surface area contributed by atoms with Gasteiger partial charge in [0.05, 0.1) is 6.61 Å². The maximum absolute atomic E-state index is 11.2. The summed E-state index contributed by atoms with van der Waals surface area (Å²) in [5.41, 5.74) is 1.08. The molecule has 1 amide bonds. The Morgan fingerprint density at radius 3 is 2.94 bits per heavy atom. The monoisotopic (exact) mass is 237 g/mol. The van der Waals surface area contributed by atoms with E-state index in [2.05, 4.69) is 10.3 Å². The van der Waals surface area contributed by atoms with Crippen LogP contribution in [-0.2, 0) is 11.3 Å². The van der Waals surface area contributed by atoms with E-state index in [4.69, 9.17) is 5.11 Å². The van der Waals surface area contributed by atoms with Crippen LogP contribution < -0.4 is 5.32 Å². The minimum Gasteiger partial charge on any atom is -0.395 e. The fraction of sp³-hybridized carbons (Fsp3) is 0.500. The summed E-state index contributed by atoms with van der Waals surface area (Å²) in [6.45, 7) is 1.99. The number of nitrogens with one attached hydrogen (secondary N) is 1. The summed E-state index contributed by atoms with van der Waals surface area (Å²) in [7, 11) is 1.62. The van der Waals surface area contributed by atoms with Gasteiger partial charge in [-0.2, -0.15) is 0 Å². The summed E-state index contributed by atoms with van der Waals surface area (Å²) in [4.78, 5) is 17.2. The number of aromatic nitrogens is 1. The van der Waals surface area contributed by atoms with Crippen LogP contribution in [0.25, 0.3) is 0 Å². The number of pyridine rings is 1. The molecule has 0 saturated carbocycles. The van der Waals surface area contributed by atoms with Crippen molar-refractivity contribution in [3.63, 3.8) is 0 Å². The van der Waals surface area contributed by atoms with Crippen LogP contribution in [0.5, 0.6) is 0 Å². The molecule has 1 aromatic heterocycles. The van der Waals surface area contributed by atoms with E-state index in [-0.39, 0.29) is 12.5 Å². The van der Waals surface area contributed by atoms with E-state index in [0.29, 0.717) is 26.1 Å². The highest BCUT2D eigenvalue weighted by molar-refractivity contribution is 5.75. The molecule has 0 radical (unpaired) electrons. The number of aliphatic hydroxyl groups is 1. The van der Waals surface area contributed by atoms with Crippen molar-refractivity contribution in [2.75, 3.05) is 26.7 Å². The Hall–Kier alpha value is -1.46. The van der Waals surface area contributed by atoms with Crippen molar-refractivity contribution in [2.24, 2.45) is 0 Å². The van der Waals surface area contributed by atoms with E-state index in [1.165, 1.54) is 0 Å². The van der Waals surface area contributed by atoms with Gasteiger partial charge < -0.3 is 10.4 Å². The van der Waals surface area contributed by atoms with Crippen LogP contribution in [0.2, 0.25) is 0 Å². The van der Waals surface area contributed by atoms with Gasteiger partial charge in [0.2, 0.25) is 5.91 Å². The van der Waals surface area contributed by atoms with E-state index in [1.807, 2.05) is 17.0 Å². The van der Waals surface area contributed by atoms with E-state index in [0.717, 1.165) is 5.56 Å². The second-order valence-electron chi connectivity index (χ2n) is 3.78. The van der Waals surface area contributed by atoms with Gasteiger partial charge in [-0.3, -0.25) is 14.7 Å². The number of amides is 1. The average molecular weight is 237 g/mol. The molecule has 0 aromatic carbocycles. The predicted molar refractivity (Wildman–Crippen MR) is 65.3 cm³/mol. The van der Waals surface area contributed by atoms with Gasteiger partial charge in [0.25, 0.3) is 0 Å². The number of nitrogens with zero attached hydrogens (tertiary/aromatic N) is 2. The number of carbonyl (C=O) groups is 1. The zero-order valence-electron chi connectivity index (χ0n) is 10.1. The van der Waals surface area contributed by atoms with Crippen molar-refractivity contribution in [2.45, 2.75) is 13.0 Å². The lowest BCUT2D eigenvalue weighted by Crippen LogP contribution is -2.31. The number of hydrogen-bond donors (Lipinski definition) is 2. The van der Waals surface area contributed by atoms with Gasteiger partial charge in [0.15, 0.2) is 0 Å². The Kier molecular flexibility index (Phi) is 6.21. The third-order valence-corrected chi connectivity index (χ3v) is 2.48. The van der Waals surface area contributed by atoms with Crippen LogP contribution in [0.1, 0.15) is 12.0 Å². The molecule has 0 fully saturated rings. The molecule has 17 heavy (non-hydrogen) atoms. The van der Waals surface area contributed by atoms with Crippen molar-refractivity contribution in [1.29, 1.82) is 0 Å². The van der Waals surface area contributed by atoms with Gasteiger partial charge in [0.1, 0.15) is 0 Å². The maximum Gasteiger partial charge on any atom is 0.221 e. The Morgan fingerprint density at radius 1 is 1.53 bits per heavy atom. The fourth-order valence-corrected chi connectivity index (χ4v) is 1.55.